The second-order valence-electron chi connectivity index (χ2n) is 2.85. The zero-order valence-corrected chi connectivity index (χ0v) is 7.34. The number of hydrogen-bond acceptors (Lipinski definition) is 2. The topological polar surface area (TPSA) is 35.2 Å². The lowest BCUT2D eigenvalue weighted by Gasteiger charge is -2.07. The van der Waals surface area contributed by atoms with Gasteiger partial charge in [0.25, 0.3) is 0 Å². The van der Waals surface area contributed by atoms with Gasteiger partial charge in [-0.05, 0) is 17.7 Å². The molecule has 0 bridgehead atoms. The molecule has 1 aromatic rings. The van der Waals surface area contributed by atoms with Crippen molar-refractivity contribution in [2.45, 2.75) is 12.8 Å². The number of nitrogen functional groups attached to an aromatic ring is 1. The van der Waals surface area contributed by atoms with Crippen LogP contribution < -0.4 is 5.73 Å². The van der Waals surface area contributed by atoms with Crippen LogP contribution in [0.3, 0.4) is 0 Å². The summed E-state index contributed by atoms with van der Waals surface area (Å²) in [6, 6.07) is 6.50. The molecule has 0 aliphatic rings. The van der Waals surface area contributed by atoms with Gasteiger partial charge < -0.3 is 10.5 Å². The van der Waals surface area contributed by atoms with Crippen molar-refractivity contribution in [1.29, 1.82) is 0 Å². The minimum atomic E-state index is -4.27. The number of benzene rings is 1. The molecule has 0 spiro atoms. The Bertz CT molecular complexity index is 281. The fraction of sp³-hybridized carbons (Fsp3) is 0.333. The lowest BCUT2D eigenvalue weighted by molar-refractivity contribution is -0.176. The predicted octanol–water partition coefficient (Wildman–Crippen LogP) is 2.35. The molecule has 0 heterocycles. The van der Waals surface area contributed by atoms with Crippen LogP contribution in [0, 0.1) is 0 Å². The Balaban J connectivity index is 2.35. The summed E-state index contributed by atoms with van der Waals surface area (Å²) in [5.41, 5.74) is 6.65. The summed E-state index contributed by atoms with van der Waals surface area (Å²) in [6.45, 7) is -1.28. The molecule has 0 radical (unpaired) electrons. The van der Waals surface area contributed by atoms with Gasteiger partial charge in [0.05, 0.1) is 6.61 Å². The van der Waals surface area contributed by atoms with Crippen LogP contribution in [0.15, 0.2) is 24.3 Å². The van der Waals surface area contributed by atoms with Gasteiger partial charge in [-0.25, -0.2) is 0 Å². The van der Waals surface area contributed by atoms with Gasteiger partial charge in [0.15, 0.2) is 0 Å². The maximum absolute atomic E-state index is 11.7. The summed E-state index contributed by atoms with van der Waals surface area (Å²) in [5, 5.41) is 0. The molecule has 1 rings (SSSR count). The van der Waals surface area contributed by atoms with Gasteiger partial charge >= 0.3 is 6.18 Å². The SMILES string of the molecule is Nc1ccc(COCC(F)(F)F)cc1. The third kappa shape index (κ3) is 4.13. The van der Waals surface area contributed by atoms with Crippen molar-refractivity contribution in [3.05, 3.63) is 29.8 Å². The first kappa shape index (κ1) is 10.8. The number of nitrogens with two attached hydrogens (primary N) is 1. The molecule has 2 N–H and O–H groups in total. The van der Waals surface area contributed by atoms with Crippen molar-refractivity contribution in [1.82, 2.24) is 0 Å². The number of rotatable bonds is 3. The average Bonchev–Trinajstić information content (AvgIpc) is 2.06. The second kappa shape index (κ2) is 4.32. The molecule has 0 saturated heterocycles. The average molecular weight is 205 g/mol. The Labute approximate surface area is 79.5 Å². The fourth-order valence-corrected chi connectivity index (χ4v) is 0.898. The van der Waals surface area contributed by atoms with Crippen LogP contribution in [-0.4, -0.2) is 12.8 Å². The molecule has 2 nitrogen and oxygen atoms in total. The van der Waals surface area contributed by atoms with E-state index in [1.165, 1.54) is 0 Å². The van der Waals surface area contributed by atoms with Gasteiger partial charge in [-0.1, -0.05) is 12.1 Å². The summed E-state index contributed by atoms with van der Waals surface area (Å²) >= 11 is 0. The maximum atomic E-state index is 11.7. The summed E-state index contributed by atoms with van der Waals surface area (Å²) < 4.78 is 39.5. The smallest absolute Gasteiger partial charge is 0.399 e. The van der Waals surface area contributed by atoms with Crippen LogP contribution in [0.5, 0.6) is 0 Å². The molecule has 0 saturated carbocycles. The molecule has 1 aromatic carbocycles. The van der Waals surface area contributed by atoms with E-state index in [2.05, 4.69) is 4.74 Å². The Morgan fingerprint density at radius 2 is 1.71 bits per heavy atom. The molecule has 0 amide bonds. The highest BCUT2D eigenvalue weighted by Gasteiger charge is 2.27. The van der Waals surface area contributed by atoms with E-state index in [1.54, 1.807) is 24.3 Å². The number of halogens is 3. The number of hydrogen-bond donors (Lipinski definition) is 1. The molecule has 0 aliphatic carbocycles. The molecular formula is C9H10F3NO. The van der Waals surface area contributed by atoms with Gasteiger partial charge in [0.1, 0.15) is 6.61 Å². The van der Waals surface area contributed by atoms with Gasteiger partial charge in [-0.2, -0.15) is 13.2 Å². The first-order chi connectivity index (χ1) is 6.47. The second-order valence-corrected chi connectivity index (χ2v) is 2.85. The first-order valence-electron chi connectivity index (χ1n) is 3.96. The van der Waals surface area contributed by atoms with Gasteiger partial charge in [0, 0.05) is 5.69 Å². The van der Waals surface area contributed by atoms with E-state index >= 15 is 0 Å². The molecule has 78 valence electrons. The molecule has 14 heavy (non-hydrogen) atoms. The molecule has 5 heteroatoms. The molecule has 0 unspecified atom stereocenters. The van der Waals surface area contributed by atoms with Crippen LogP contribution >= 0.6 is 0 Å². The lowest BCUT2D eigenvalue weighted by atomic mass is 10.2. The standard InChI is InChI=1S/C9H10F3NO/c10-9(11,12)6-14-5-7-1-3-8(13)4-2-7/h1-4H,5-6,13H2. The highest BCUT2D eigenvalue weighted by Crippen LogP contribution is 2.15. The van der Waals surface area contributed by atoms with E-state index in [0.29, 0.717) is 11.3 Å². The summed E-state index contributed by atoms with van der Waals surface area (Å²) in [7, 11) is 0. The Kier molecular flexibility index (Phi) is 3.35. The molecule has 0 atom stereocenters. The van der Waals surface area contributed by atoms with Crippen molar-refractivity contribution >= 4 is 5.69 Å². The summed E-state index contributed by atoms with van der Waals surface area (Å²) in [4.78, 5) is 0. The molecule has 0 fully saturated rings. The first-order valence-corrected chi connectivity index (χ1v) is 3.96. The minimum Gasteiger partial charge on any atom is -0.399 e. The van der Waals surface area contributed by atoms with Crippen LogP contribution in [0.25, 0.3) is 0 Å². The van der Waals surface area contributed by atoms with Crippen molar-refractivity contribution in [3.8, 4) is 0 Å². The molecule has 0 aromatic heterocycles. The zero-order valence-electron chi connectivity index (χ0n) is 7.34. The van der Waals surface area contributed by atoms with Crippen molar-refractivity contribution < 1.29 is 17.9 Å². The van der Waals surface area contributed by atoms with E-state index in [-0.39, 0.29) is 6.61 Å². The summed E-state index contributed by atoms with van der Waals surface area (Å²) in [6.07, 6.45) is -4.27. The normalized spacial score (nSPS) is 11.6. The number of anilines is 1. The Morgan fingerprint density at radius 3 is 2.21 bits per heavy atom. The molecular weight excluding hydrogens is 195 g/mol. The van der Waals surface area contributed by atoms with Crippen LogP contribution in [0.2, 0.25) is 0 Å². The van der Waals surface area contributed by atoms with E-state index in [0.717, 1.165) is 0 Å². The highest BCUT2D eigenvalue weighted by atomic mass is 19.4. The van der Waals surface area contributed by atoms with Gasteiger partial charge in [-0.3, -0.25) is 0 Å². The van der Waals surface area contributed by atoms with Crippen molar-refractivity contribution in [2.24, 2.45) is 0 Å². The van der Waals surface area contributed by atoms with E-state index in [9.17, 15) is 13.2 Å². The van der Waals surface area contributed by atoms with Crippen molar-refractivity contribution in [2.75, 3.05) is 12.3 Å². The van der Waals surface area contributed by atoms with E-state index < -0.39 is 12.8 Å². The van der Waals surface area contributed by atoms with Crippen LogP contribution in [-0.2, 0) is 11.3 Å². The fourth-order valence-electron chi connectivity index (χ4n) is 0.898. The molecule has 0 aliphatic heterocycles. The third-order valence-corrected chi connectivity index (χ3v) is 1.51. The maximum Gasteiger partial charge on any atom is 0.411 e. The van der Waals surface area contributed by atoms with E-state index in [1.807, 2.05) is 0 Å². The highest BCUT2D eigenvalue weighted by molar-refractivity contribution is 5.39. The number of alkyl halides is 3. The largest absolute Gasteiger partial charge is 0.411 e. The predicted molar refractivity (Wildman–Crippen MR) is 46.6 cm³/mol. The van der Waals surface area contributed by atoms with Crippen LogP contribution in [0.4, 0.5) is 18.9 Å². The third-order valence-electron chi connectivity index (χ3n) is 1.51. The number of ether oxygens (including phenoxy) is 1. The Hall–Kier alpha value is -1.23. The van der Waals surface area contributed by atoms with Gasteiger partial charge in [-0.15, -0.1) is 0 Å². The van der Waals surface area contributed by atoms with Crippen LogP contribution in [0.1, 0.15) is 5.56 Å². The monoisotopic (exact) mass is 205 g/mol. The zero-order chi connectivity index (χ0) is 10.6. The quantitative estimate of drug-likeness (QED) is 0.768. The van der Waals surface area contributed by atoms with Gasteiger partial charge in [0.2, 0.25) is 0 Å². The Morgan fingerprint density at radius 1 is 1.14 bits per heavy atom. The lowest BCUT2D eigenvalue weighted by Crippen LogP contribution is -2.16. The van der Waals surface area contributed by atoms with Crippen molar-refractivity contribution in [3.63, 3.8) is 0 Å². The summed E-state index contributed by atoms with van der Waals surface area (Å²) in [5.74, 6) is 0. The van der Waals surface area contributed by atoms with E-state index in [4.69, 9.17) is 5.73 Å². The minimum absolute atomic E-state index is 0.0558.